The molecule has 1 aromatic rings. The summed E-state index contributed by atoms with van der Waals surface area (Å²) in [6.45, 7) is 5.13. The number of aromatic nitrogens is 1. The average molecular weight is 227 g/mol. The normalized spacial score (nSPS) is 11.1. The van der Waals surface area contributed by atoms with Crippen molar-refractivity contribution in [2.45, 2.75) is 26.3 Å². The molecule has 0 fully saturated rings. The first-order valence-electron chi connectivity index (χ1n) is 4.37. The summed E-state index contributed by atoms with van der Waals surface area (Å²) in [5, 5.41) is 2.66. The molecule has 1 aromatic heterocycles. The van der Waals surface area contributed by atoms with E-state index in [1.54, 1.807) is 20.8 Å². The lowest BCUT2D eigenvalue weighted by atomic mass is 10.1. The van der Waals surface area contributed by atoms with Crippen molar-refractivity contribution in [2.75, 3.05) is 0 Å². The molecule has 6 heteroatoms. The first-order valence-corrected chi connectivity index (χ1v) is 4.78. The van der Waals surface area contributed by atoms with E-state index >= 15 is 0 Å². The minimum absolute atomic E-state index is 0.180. The van der Waals surface area contributed by atoms with Crippen LogP contribution in [0, 0.1) is 6.92 Å². The molecule has 3 N–H and O–H groups in total. The lowest BCUT2D eigenvalue weighted by Crippen LogP contribution is -2.52. The van der Waals surface area contributed by atoms with Crippen LogP contribution < -0.4 is 11.1 Å². The number of amides is 1. The average Bonchev–Trinajstić information content (AvgIpc) is 2.50. The van der Waals surface area contributed by atoms with Gasteiger partial charge < -0.3 is 15.5 Å². The molecule has 1 rings (SSSR count). The Labute approximate surface area is 93.0 Å². The largest absolute Gasteiger partial charge is 0.438 e. The molecule has 0 bridgehead atoms. The van der Waals surface area contributed by atoms with Crippen LogP contribution in [0.3, 0.4) is 0 Å². The highest BCUT2D eigenvalue weighted by molar-refractivity contribution is 7.80. The van der Waals surface area contributed by atoms with Crippen LogP contribution in [0.15, 0.2) is 10.8 Å². The van der Waals surface area contributed by atoms with Crippen molar-refractivity contribution in [1.82, 2.24) is 10.3 Å². The predicted octanol–water partition coefficient (Wildman–Crippen LogP) is 0.778. The van der Waals surface area contributed by atoms with Crippen molar-refractivity contribution in [3.63, 3.8) is 0 Å². The number of nitrogens with one attached hydrogen (secondary N) is 1. The monoisotopic (exact) mass is 227 g/mol. The molecule has 1 heterocycles. The summed E-state index contributed by atoms with van der Waals surface area (Å²) in [5.74, 6) is -0.192. The number of carbonyl (C=O) groups excluding carboxylic acids is 1. The van der Waals surface area contributed by atoms with Crippen LogP contribution in [0.4, 0.5) is 0 Å². The molecular formula is C9H13N3O2S. The summed E-state index contributed by atoms with van der Waals surface area (Å²) in [5.41, 5.74) is 5.27. The summed E-state index contributed by atoms with van der Waals surface area (Å²) >= 11 is 4.83. The third-order valence-electron chi connectivity index (χ3n) is 1.99. The van der Waals surface area contributed by atoms with Gasteiger partial charge in [0.05, 0.1) is 16.2 Å². The van der Waals surface area contributed by atoms with Crippen LogP contribution >= 0.6 is 12.2 Å². The summed E-state index contributed by atoms with van der Waals surface area (Å²) < 4.78 is 4.94. The van der Waals surface area contributed by atoms with E-state index in [1.165, 1.54) is 6.39 Å². The fourth-order valence-electron chi connectivity index (χ4n) is 0.922. The van der Waals surface area contributed by atoms with Gasteiger partial charge in [-0.3, -0.25) is 4.79 Å². The van der Waals surface area contributed by atoms with Crippen LogP contribution in [0.5, 0.6) is 0 Å². The highest BCUT2D eigenvalue weighted by Crippen LogP contribution is 2.08. The molecule has 0 aliphatic rings. The molecule has 0 spiro atoms. The van der Waals surface area contributed by atoms with Crippen molar-refractivity contribution in [3.05, 3.63) is 17.8 Å². The highest BCUT2D eigenvalue weighted by atomic mass is 32.1. The van der Waals surface area contributed by atoms with Crippen LogP contribution in [0.1, 0.15) is 30.1 Å². The smallest absolute Gasteiger partial charge is 0.289 e. The second kappa shape index (κ2) is 3.98. The third kappa shape index (κ3) is 2.53. The number of oxazole rings is 1. The SMILES string of the molecule is Cc1ncoc1C(=O)NC(C)(C)C(N)=S. The molecule has 0 radical (unpaired) electrons. The van der Waals surface area contributed by atoms with E-state index < -0.39 is 5.54 Å². The van der Waals surface area contributed by atoms with E-state index in [1.807, 2.05) is 0 Å². The van der Waals surface area contributed by atoms with Crippen molar-refractivity contribution in [1.29, 1.82) is 0 Å². The number of hydrogen-bond donors (Lipinski definition) is 2. The first-order chi connectivity index (χ1) is 6.84. The summed E-state index contributed by atoms with van der Waals surface area (Å²) in [7, 11) is 0. The zero-order valence-electron chi connectivity index (χ0n) is 8.83. The van der Waals surface area contributed by atoms with Crippen LogP contribution in [0.25, 0.3) is 0 Å². The van der Waals surface area contributed by atoms with Gasteiger partial charge in [0.15, 0.2) is 6.39 Å². The number of carbonyl (C=O) groups is 1. The van der Waals surface area contributed by atoms with Crippen molar-refractivity contribution < 1.29 is 9.21 Å². The third-order valence-corrected chi connectivity index (χ3v) is 2.50. The molecule has 0 unspecified atom stereocenters. The van der Waals surface area contributed by atoms with Gasteiger partial charge in [-0.2, -0.15) is 0 Å². The van der Waals surface area contributed by atoms with E-state index in [0.29, 0.717) is 5.69 Å². The van der Waals surface area contributed by atoms with Crippen molar-refractivity contribution >= 4 is 23.1 Å². The molecule has 0 saturated carbocycles. The lowest BCUT2D eigenvalue weighted by molar-refractivity contribution is 0.0903. The Hall–Kier alpha value is -1.43. The summed E-state index contributed by atoms with van der Waals surface area (Å²) in [6.07, 6.45) is 1.22. The van der Waals surface area contributed by atoms with Crippen LogP contribution in [0.2, 0.25) is 0 Å². The Kier molecular flexibility index (Phi) is 3.09. The minimum atomic E-state index is -0.744. The maximum atomic E-state index is 11.7. The predicted molar refractivity (Wildman–Crippen MR) is 59.6 cm³/mol. The van der Waals surface area contributed by atoms with Crippen LogP contribution in [-0.2, 0) is 0 Å². The standard InChI is InChI=1S/C9H13N3O2S/c1-5-6(14-4-11-5)7(13)12-9(2,3)8(10)15/h4H,1-3H3,(H2,10,15)(H,12,13). The summed E-state index contributed by atoms with van der Waals surface area (Å²) in [6, 6.07) is 0. The highest BCUT2D eigenvalue weighted by Gasteiger charge is 2.26. The number of nitrogens with zero attached hydrogens (tertiary/aromatic N) is 1. The molecule has 0 saturated heterocycles. The van der Waals surface area contributed by atoms with E-state index in [9.17, 15) is 4.79 Å². The van der Waals surface area contributed by atoms with Gasteiger partial charge >= 0.3 is 0 Å². The lowest BCUT2D eigenvalue weighted by Gasteiger charge is -2.23. The number of aryl methyl sites for hydroxylation is 1. The fourth-order valence-corrected chi connectivity index (χ4v) is 0.973. The number of thiocarbonyl (C=S) groups is 1. The van der Waals surface area contributed by atoms with Gasteiger partial charge in [0.1, 0.15) is 0 Å². The molecular weight excluding hydrogens is 214 g/mol. The molecule has 0 aliphatic heterocycles. The van der Waals surface area contributed by atoms with Gasteiger partial charge in [0, 0.05) is 0 Å². The second-order valence-electron chi connectivity index (χ2n) is 3.71. The van der Waals surface area contributed by atoms with E-state index in [0.717, 1.165) is 0 Å². The second-order valence-corrected chi connectivity index (χ2v) is 4.15. The molecule has 82 valence electrons. The van der Waals surface area contributed by atoms with Crippen molar-refractivity contribution in [3.8, 4) is 0 Å². The summed E-state index contributed by atoms with van der Waals surface area (Å²) in [4.78, 5) is 15.7. The van der Waals surface area contributed by atoms with Crippen LogP contribution in [-0.4, -0.2) is 21.4 Å². The number of rotatable bonds is 3. The molecule has 1 amide bonds. The maximum Gasteiger partial charge on any atom is 0.289 e. The molecule has 0 atom stereocenters. The quantitative estimate of drug-likeness (QED) is 0.746. The number of nitrogens with two attached hydrogens (primary N) is 1. The van der Waals surface area contributed by atoms with Gasteiger partial charge in [-0.05, 0) is 20.8 Å². The van der Waals surface area contributed by atoms with Gasteiger partial charge in [0.2, 0.25) is 5.76 Å². The Morgan fingerprint density at radius 2 is 2.27 bits per heavy atom. The Morgan fingerprint density at radius 1 is 1.67 bits per heavy atom. The first kappa shape index (κ1) is 11.6. The maximum absolute atomic E-state index is 11.7. The minimum Gasteiger partial charge on any atom is -0.438 e. The molecule has 15 heavy (non-hydrogen) atoms. The van der Waals surface area contributed by atoms with Gasteiger partial charge in [0.25, 0.3) is 5.91 Å². The topological polar surface area (TPSA) is 81.2 Å². The number of hydrogen-bond acceptors (Lipinski definition) is 4. The zero-order valence-corrected chi connectivity index (χ0v) is 9.64. The molecule has 0 aromatic carbocycles. The van der Waals surface area contributed by atoms with E-state index in [4.69, 9.17) is 22.4 Å². The van der Waals surface area contributed by atoms with E-state index in [-0.39, 0.29) is 16.7 Å². The Balaban J connectivity index is 2.81. The van der Waals surface area contributed by atoms with Gasteiger partial charge in [-0.15, -0.1) is 0 Å². The Bertz CT molecular complexity index is 398. The molecule has 0 aliphatic carbocycles. The fraction of sp³-hybridized carbons (Fsp3) is 0.444. The molecule has 5 nitrogen and oxygen atoms in total. The van der Waals surface area contributed by atoms with Crippen molar-refractivity contribution in [2.24, 2.45) is 5.73 Å². The Morgan fingerprint density at radius 3 is 2.67 bits per heavy atom. The van der Waals surface area contributed by atoms with Gasteiger partial charge in [-0.1, -0.05) is 12.2 Å². The zero-order chi connectivity index (χ0) is 11.6. The van der Waals surface area contributed by atoms with E-state index in [2.05, 4.69) is 10.3 Å². The van der Waals surface area contributed by atoms with Gasteiger partial charge in [-0.25, -0.2) is 4.98 Å².